The molecule has 0 aromatic heterocycles. The number of hydrogen-bond donors (Lipinski definition) is 2. The van der Waals surface area contributed by atoms with E-state index in [2.05, 4.69) is 0 Å². The summed E-state index contributed by atoms with van der Waals surface area (Å²) in [6.07, 6.45) is 1.42. The van der Waals surface area contributed by atoms with Gasteiger partial charge in [0.1, 0.15) is 11.6 Å². The van der Waals surface area contributed by atoms with Crippen molar-refractivity contribution >= 4 is 24.8 Å². The minimum Gasteiger partial charge on any atom is -0.506 e. The van der Waals surface area contributed by atoms with Gasteiger partial charge in [-0.2, -0.15) is 0 Å². The van der Waals surface area contributed by atoms with E-state index in [9.17, 15) is 14.6 Å². The van der Waals surface area contributed by atoms with Crippen LogP contribution < -0.4 is 0 Å². The van der Waals surface area contributed by atoms with Crippen LogP contribution in [0.4, 0.5) is 4.39 Å². The van der Waals surface area contributed by atoms with Crippen molar-refractivity contribution < 1.29 is 23.9 Å². The van der Waals surface area contributed by atoms with Crippen molar-refractivity contribution in [3.05, 3.63) is 34.0 Å². The highest BCUT2D eigenvalue weighted by Gasteiger charge is 2.52. The van der Waals surface area contributed by atoms with Crippen LogP contribution in [0.5, 0.6) is 5.75 Å². The van der Waals surface area contributed by atoms with Crippen LogP contribution >= 0.6 is 11.6 Å². The van der Waals surface area contributed by atoms with Crippen LogP contribution in [-0.2, 0) is 9.31 Å². The third-order valence-electron chi connectivity index (χ3n) is 4.14. The van der Waals surface area contributed by atoms with Gasteiger partial charge in [-0.1, -0.05) is 17.7 Å². The van der Waals surface area contributed by atoms with Gasteiger partial charge in [-0.15, -0.1) is 0 Å². The molecule has 4 nitrogen and oxygen atoms in total. The zero-order valence-corrected chi connectivity index (χ0v) is 13.7. The molecule has 1 aromatic rings. The van der Waals surface area contributed by atoms with Crippen LogP contribution in [0.15, 0.2) is 17.6 Å². The second kappa shape index (κ2) is 5.85. The Hall–Kier alpha value is -1.08. The number of rotatable bonds is 3. The quantitative estimate of drug-likeness (QED) is 0.837. The number of phenolic OH excluding ortho intramolecular Hbond substituents is 1. The lowest BCUT2D eigenvalue weighted by Crippen LogP contribution is -2.41. The fourth-order valence-corrected chi connectivity index (χ4v) is 2.29. The average Bonchev–Trinajstić information content (AvgIpc) is 2.60. The number of phenols is 1. The molecule has 0 aliphatic carbocycles. The molecule has 0 spiro atoms. The second-order valence-corrected chi connectivity index (χ2v) is 6.70. The predicted molar refractivity (Wildman–Crippen MR) is 84.2 cm³/mol. The van der Waals surface area contributed by atoms with Gasteiger partial charge in [0, 0.05) is 5.56 Å². The van der Waals surface area contributed by atoms with E-state index in [0.717, 1.165) is 12.1 Å². The van der Waals surface area contributed by atoms with Crippen LogP contribution in [0.3, 0.4) is 0 Å². The number of benzene rings is 1. The minimum atomic E-state index is -0.781. The van der Waals surface area contributed by atoms with Crippen LogP contribution in [-0.4, -0.2) is 35.1 Å². The zero-order chi connectivity index (χ0) is 16.7. The molecular formula is C15H19BClFO4. The van der Waals surface area contributed by atoms with Gasteiger partial charge in [0.15, 0.2) is 0 Å². The molecule has 22 heavy (non-hydrogen) atoms. The van der Waals surface area contributed by atoms with Crippen molar-refractivity contribution in [1.29, 1.82) is 0 Å². The van der Waals surface area contributed by atoms with Gasteiger partial charge >= 0.3 is 7.12 Å². The third-order valence-corrected chi connectivity index (χ3v) is 4.43. The van der Waals surface area contributed by atoms with Crippen molar-refractivity contribution in [2.24, 2.45) is 0 Å². The van der Waals surface area contributed by atoms with Gasteiger partial charge in [0.2, 0.25) is 0 Å². The van der Waals surface area contributed by atoms with E-state index in [4.69, 9.17) is 20.9 Å². The summed E-state index contributed by atoms with van der Waals surface area (Å²) in [7, 11) is -0.781. The van der Waals surface area contributed by atoms with Gasteiger partial charge in [-0.3, -0.25) is 0 Å². The summed E-state index contributed by atoms with van der Waals surface area (Å²) in [5, 5.41) is 19.4. The topological polar surface area (TPSA) is 58.9 Å². The van der Waals surface area contributed by atoms with Gasteiger partial charge in [-0.25, -0.2) is 4.39 Å². The standard InChI is InChI=1S/C15H19BClFO4/c1-14(2)15(3,4)22-16(21-14)10(8-19)5-9-6-11(18)7-12(17)13(9)20/h5-7,19-20H,8H2,1-4H3. The molecule has 2 N–H and O–H groups in total. The molecule has 0 unspecified atom stereocenters. The molecule has 0 bridgehead atoms. The highest BCUT2D eigenvalue weighted by Crippen LogP contribution is 2.39. The summed E-state index contributed by atoms with van der Waals surface area (Å²) < 4.78 is 25.1. The maximum Gasteiger partial charge on any atom is 0.492 e. The molecular weight excluding hydrogens is 309 g/mol. The molecule has 0 amide bonds. The number of aromatic hydroxyl groups is 1. The first-order valence-electron chi connectivity index (χ1n) is 6.92. The van der Waals surface area contributed by atoms with Crippen molar-refractivity contribution in [2.45, 2.75) is 38.9 Å². The monoisotopic (exact) mass is 328 g/mol. The summed E-state index contributed by atoms with van der Waals surface area (Å²) in [5.41, 5.74) is -0.597. The predicted octanol–water partition coefficient (Wildman–Crippen LogP) is 3.19. The van der Waals surface area contributed by atoms with Crippen LogP contribution in [0, 0.1) is 5.82 Å². The fourth-order valence-electron chi connectivity index (χ4n) is 2.08. The largest absolute Gasteiger partial charge is 0.506 e. The smallest absolute Gasteiger partial charge is 0.492 e. The Morgan fingerprint density at radius 1 is 1.27 bits per heavy atom. The molecule has 7 heteroatoms. The van der Waals surface area contributed by atoms with Crippen LogP contribution in [0.25, 0.3) is 6.08 Å². The Kier molecular flexibility index (Phi) is 4.60. The third kappa shape index (κ3) is 3.15. The lowest BCUT2D eigenvalue weighted by molar-refractivity contribution is 0.00578. The Morgan fingerprint density at radius 2 is 1.82 bits per heavy atom. The molecule has 1 heterocycles. The number of aliphatic hydroxyl groups excluding tert-OH is 1. The highest BCUT2D eigenvalue weighted by atomic mass is 35.5. The second-order valence-electron chi connectivity index (χ2n) is 6.29. The first-order valence-corrected chi connectivity index (χ1v) is 7.30. The van der Waals surface area contributed by atoms with E-state index in [1.807, 2.05) is 27.7 Å². The van der Waals surface area contributed by atoms with Crippen LogP contribution in [0.2, 0.25) is 5.02 Å². The van der Waals surface area contributed by atoms with Crippen molar-refractivity contribution in [3.63, 3.8) is 0 Å². The van der Waals surface area contributed by atoms with E-state index in [0.29, 0.717) is 5.47 Å². The summed E-state index contributed by atoms with van der Waals surface area (Å²) >= 11 is 5.75. The van der Waals surface area contributed by atoms with Crippen LogP contribution in [0.1, 0.15) is 33.3 Å². The summed E-state index contributed by atoms with van der Waals surface area (Å²) in [5.74, 6) is -0.842. The molecule has 2 rings (SSSR count). The molecule has 1 saturated heterocycles. The Labute approximate surface area is 134 Å². The summed E-state index contributed by atoms with van der Waals surface area (Å²) in [4.78, 5) is 0. The van der Waals surface area contributed by atoms with E-state index in [1.165, 1.54) is 6.08 Å². The Balaban J connectivity index is 2.38. The van der Waals surface area contributed by atoms with E-state index >= 15 is 0 Å². The minimum absolute atomic E-state index is 0.0996. The van der Waals surface area contributed by atoms with Crippen molar-refractivity contribution in [2.75, 3.05) is 6.61 Å². The Bertz CT molecular complexity index is 600. The molecule has 1 fully saturated rings. The molecule has 1 aliphatic heterocycles. The number of hydrogen-bond acceptors (Lipinski definition) is 4. The molecule has 0 saturated carbocycles. The molecule has 0 radical (unpaired) electrons. The lowest BCUT2D eigenvalue weighted by atomic mass is 9.77. The SMILES string of the molecule is CC1(C)OB(C(=Cc2cc(F)cc(Cl)c2O)CO)OC1(C)C. The Morgan fingerprint density at radius 3 is 2.32 bits per heavy atom. The number of aliphatic hydroxyl groups is 1. The van der Waals surface area contributed by atoms with Gasteiger partial charge in [0.25, 0.3) is 0 Å². The first kappa shape index (κ1) is 17.3. The van der Waals surface area contributed by atoms with E-state index in [-0.39, 0.29) is 22.9 Å². The molecule has 1 aliphatic rings. The van der Waals surface area contributed by atoms with E-state index < -0.39 is 24.1 Å². The van der Waals surface area contributed by atoms with Gasteiger partial charge < -0.3 is 19.5 Å². The number of halogens is 2. The maximum absolute atomic E-state index is 13.4. The van der Waals surface area contributed by atoms with Crippen molar-refractivity contribution in [1.82, 2.24) is 0 Å². The lowest BCUT2D eigenvalue weighted by Gasteiger charge is -2.32. The summed E-state index contributed by atoms with van der Waals surface area (Å²) in [6, 6.07) is 2.14. The summed E-state index contributed by atoms with van der Waals surface area (Å²) in [6.45, 7) is 7.19. The van der Waals surface area contributed by atoms with Gasteiger partial charge in [-0.05, 0) is 45.3 Å². The van der Waals surface area contributed by atoms with E-state index in [1.54, 1.807) is 0 Å². The zero-order valence-electron chi connectivity index (χ0n) is 13.0. The maximum atomic E-state index is 13.4. The molecule has 1 aromatic carbocycles. The molecule has 120 valence electrons. The first-order chi connectivity index (χ1) is 10.1. The van der Waals surface area contributed by atoms with Gasteiger partial charge in [0.05, 0.1) is 22.8 Å². The van der Waals surface area contributed by atoms with Crippen molar-refractivity contribution in [3.8, 4) is 5.75 Å². The normalized spacial score (nSPS) is 20.5. The fraction of sp³-hybridized carbons (Fsp3) is 0.467. The average molecular weight is 329 g/mol. The highest BCUT2D eigenvalue weighted by molar-refractivity contribution is 6.55. The molecule has 0 atom stereocenters.